The summed E-state index contributed by atoms with van der Waals surface area (Å²) >= 11 is 1.35. The largest absolute Gasteiger partial charge is 0.312 e. The minimum atomic E-state index is -3.39. The number of aryl methyl sites for hydroxylation is 1. The molecule has 0 aliphatic heterocycles. The van der Waals surface area contributed by atoms with Crippen molar-refractivity contribution >= 4 is 21.4 Å². The first-order chi connectivity index (χ1) is 9.94. The zero-order chi connectivity index (χ0) is 15.9. The van der Waals surface area contributed by atoms with Crippen LogP contribution in [0.15, 0.2) is 10.3 Å². The topological polar surface area (TPSA) is 61.4 Å². The van der Waals surface area contributed by atoms with Crippen molar-refractivity contribution in [2.75, 3.05) is 32.7 Å². The van der Waals surface area contributed by atoms with Gasteiger partial charge in [0, 0.05) is 24.5 Å². The van der Waals surface area contributed by atoms with E-state index in [0.717, 1.165) is 43.2 Å². The van der Waals surface area contributed by atoms with E-state index >= 15 is 0 Å². The van der Waals surface area contributed by atoms with Crippen molar-refractivity contribution in [3.8, 4) is 0 Å². The Morgan fingerprint density at radius 2 is 1.90 bits per heavy atom. The molecule has 1 aromatic rings. The molecule has 0 saturated heterocycles. The molecule has 0 aliphatic rings. The van der Waals surface area contributed by atoms with Gasteiger partial charge in [0.25, 0.3) is 0 Å². The van der Waals surface area contributed by atoms with Crippen molar-refractivity contribution in [3.05, 3.63) is 16.5 Å². The summed E-state index contributed by atoms with van der Waals surface area (Å²) in [5.41, 5.74) is 1.03. The number of nitrogens with one attached hydrogen (secondary N) is 2. The van der Waals surface area contributed by atoms with Crippen LogP contribution in [0.5, 0.6) is 0 Å². The summed E-state index contributed by atoms with van der Waals surface area (Å²) in [6.45, 7) is 12.8. The van der Waals surface area contributed by atoms with Gasteiger partial charge in [0.2, 0.25) is 10.0 Å². The third kappa shape index (κ3) is 5.67. The fraction of sp³-hybridized carbons (Fsp3) is 0.714. The molecule has 1 heterocycles. The Balaban J connectivity index is 2.65. The molecule has 0 saturated carbocycles. The molecule has 0 unspecified atom stereocenters. The van der Waals surface area contributed by atoms with Crippen molar-refractivity contribution < 1.29 is 8.42 Å². The van der Waals surface area contributed by atoms with Crippen LogP contribution in [0.1, 0.15) is 31.2 Å². The van der Waals surface area contributed by atoms with Crippen LogP contribution in [-0.4, -0.2) is 46.0 Å². The minimum Gasteiger partial charge on any atom is -0.312 e. The van der Waals surface area contributed by atoms with Crippen LogP contribution in [0.4, 0.5) is 0 Å². The van der Waals surface area contributed by atoms with Crippen LogP contribution in [0.2, 0.25) is 0 Å². The summed E-state index contributed by atoms with van der Waals surface area (Å²) in [6, 6.07) is 1.76. The summed E-state index contributed by atoms with van der Waals surface area (Å²) in [5, 5.41) is 3.23. The first kappa shape index (κ1) is 18.6. The standard InChI is InChI=1S/C14H27N3O2S2/c1-5-15-11-13-12(4)10-14(20-13)21(18,19)16-8-9-17(6-2)7-3/h10,15-16H,5-9,11H2,1-4H3. The van der Waals surface area contributed by atoms with Crippen LogP contribution >= 0.6 is 11.3 Å². The number of rotatable bonds is 10. The molecule has 0 amide bonds. The summed E-state index contributed by atoms with van der Waals surface area (Å²) in [4.78, 5) is 3.28. The van der Waals surface area contributed by atoms with Gasteiger partial charge in [0.15, 0.2) is 0 Å². The molecule has 0 atom stereocenters. The summed E-state index contributed by atoms with van der Waals surface area (Å²) < 4.78 is 27.7. The van der Waals surface area contributed by atoms with Gasteiger partial charge in [-0.2, -0.15) is 0 Å². The maximum atomic E-state index is 12.3. The van der Waals surface area contributed by atoms with Crippen molar-refractivity contribution in [1.82, 2.24) is 14.9 Å². The predicted molar refractivity (Wildman–Crippen MR) is 89.4 cm³/mol. The van der Waals surface area contributed by atoms with Crippen LogP contribution < -0.4 is 10.0 Å². The molecule has 1 aromatic heterocycles. The molecule has 0 fully saturated rings. The first-order valence-corrected chi connectivity index (χ1v) is 9.76. The molecule has 0 spiro atoms. The van der Waals surface area contributed by atoms with Gasteiger partial charge in [0.1, 0.15) is 4.21 Å². The monoisotopic (exact) mass is 333 g/mol. The fourth-order valence-electron chi connectivity index (χ4n) is 1.98. The molecule has 0 radical (unpaired) electrons. The summed E-state index contributed by atoms with van der Waals surface area (Å²) in [7, 11) is -3.39. The van der Waals surface area contributed by atoms with E-state index in [2.05, 4.69) is 28.8 Å². The first-order valence-electron chi connectivity index (χ1n) is 7.46. The Labute approximate surface area is 132 Å². The highest BCUT2D eigenvalue weighted by molar-refractivity contribution is 7.91. The van der Waals surface area contributed by atoms with Crippen LogP contribution in [0, 0.1) is 6.92 Å². The Kier molecular flexibility index (Phi) is 7.83. The molecular formula is C14H27N3O2S2. The maximum Gasteiger partial charge on any atom is 0.250 e. The van der Waals surface area contributed by atoms with Gasteiger partial charge in [-0.3, -0.25) is 0 Å². The predicted octanol–water partition coefficient (Wildman–Crippen LogP) is 1.79. The average molecular weight is 334 g/mol. The number of nitrogens with zero attached hydrogens (tertiary/aromatic N) is 1. The second-order valence-electron chi connectivity index (χ2n) is 4.88. The van der Waals surface area contributed by atoms with E-state index in [1.165, 1.54) is 11.3 Å². The third-order valence-corrected chi connectivity index (χ3v) is 6.58. The molecule has 21 heavy (non-hydrogen) atoms. The summed E-state index contributed by atoms with van der Waals surface area (Å²) in [6.07, 6.45) is 0. The number of hydrogen-bond acceptors (Lipinski definition) is 5. The highest BCUT2D eigenvalue weighted by Gasteiger charge is 2.18. The third-order valence-electron chi connectivity index (χ3n) is 3.41. The lowest BCUT2D eigenvalue weighted by atomic mass is 10.3. The van der Waals surface area contributed by atoms with Crippen molar-refractivity contribution in [2.24, 2.45) is 0 Å². The van der Waals surface area contributed by atoms with Gasteiger partial charge in [-0.05, 0) is 38.2 Å². The average Bonchev–Trinajstić information content (AvgIpc) is 2.83. The Morgan fingerprint density at radius 1 is 1.24 bits per heavy atom. The van der Waals surface area contributed by atoms with Crippen molar-refractivity contribution in [3.63, 3.8) is 0 Å². The smallest absolute Gasteiger partial charge is 0.250 e. The lowest BCUT2D eigenvalue weighted by Crippen LogP contribution is -2.34. The second kappa shape index (κ2) is 8.85. The summed E-state index contributed by atoms with van der Waals surface area (Å²) in [5.74, 6) is 0. The van der Waals surface area contributed by atoms with Crippen molar-refractivity contribution in [1.29, 1.82) is 0 Å². The lowest BCUT2D eigenvalue weighted by molar-refractivity contribution is 0.309. The molecule has 0 aliphatic carbocycles. The van der Waals surface area contributed by atoms with E-state index in [0.29, 0.717) is 10.8 Å². The molecule has 5 nitrogen and oxygen atoms in total. The van der Waals surface area contributed by atoms with E-state index in [9.17, 15) is 8.42 Å². The van der Waals surface area contributed by atoms with E-state index in [4.69, 9.17) is 0 Å². The molecular weight excluding hydrogens is 306 g/mol. The number of hydrogen-bond donors (Lipinski definition) is 2. The molecule has 0 bridgehead atoms. The maximum absolute atomic E-state index is 12.3. The number of likely N-dealkylation sites (N-methyl/N-ethyl adjacent to an activating group) is 1. The fourth-order valence-corrected chi connectivity index (χ4v) is 4.61. The Morgan fingerprint density at radius 3 is 2.48 bits per heavy atom. The van der Waals surface area contributed by atoms with Crippen LogP contribution in [0.25, 0.3) is 0 Å². The zero-order valence-electron chi connectivity index (χ0n) is 13.4. The molecule has 2 N–H and O–H groups in total. The Bertz CT molecular complexity index is 522. The number of thiophene rings is 1. The van der Waals surface area contributed by atoms with Crippen LogP contribution in [-0.2, 0) is 16.6 Å². The number of sulfonamides is 1. The van der Waals surface area contributed by atoms with E-state index < -0.39 is 10.0 Å². The molecule has 122 valence electrons. The van der Waals surface area contributed by atoms with E-state index in [-0.39, 0.29) is 0 Å². The quantitative estimate of drug-likeness (QED) is 0.685. The Hall–Kier alpha value is -0.470. The van der Waals surface area contributed by atoms with Gasteiger partial charge in [-0.1, -0.05) is 20.8 Å². The minimum absolute atomic E-state index is 0.410. The van der Waals surface area contributed by atoms with Gasteiger partial charge in [0.05, 0.1) is 0 Å². The van der Waals surface area contributed by atoms with Gasteiger partial charge in [-0.15, -0.1) is 11.3 Å². The molecule has 7 heteroatoms. The van der Waals surface area contributed by atoms with E-state index in [1.54, 1.807) is 6.07 Å². The molecule has 1 rings (SSSR count). The zero-order valence-corrected chi connectivity index (χ0v) is 15.0. The lowest BCUT2D eigenvalue weighted by Gasteiger charge is -2.17. The SMILES string of the molecule is CCNCc1sc(S(=O)(=O)NCCN(CC)CC)cc1C. The van der Waals surface area contributed by atoms with Gasteiger partial charge >= 0.3 is 0 Å². The van der Waals surface area contributed by atoms with Gasteiger partial charge in [-0.25, -0.2) is 13.1 Å². The second-order valence-corrected chi connectivity index (χ2v) is 8.01. The van der Waals surface area contributed by atoms with Crippen molar-refractivity contribution in [2.45, 2.75) is 38.4 Å². The van der Waals surface area contributed by atoms with Crippen LogP contribution in [0.3, 0.4) is 0 Å². The highest BCUT2D eigenvalue weighted by atomic mass is 32.2. The normalized spacial score (nSPS) is 12.2. The van der Waals surface area contributed by atoms with Gasteiger partial charge < -0.3 is 10.2 Å². The molecule has 0 aromatic carbocycles. The highest BCUT2D eigenvalue weighted by Crippen LogP contribution is 2.25. The van der Waals surface area contributed by atoms with E-state index in [1.807, 2.05) is 13.8 Å².